The van der Waals surface area contributed by atoms with Crippen LogP contribution in [0.25, 0.3) is 28.0 Å². The number of hydrogen-bond donors (Lipinski definition) is 1. The fraction of sp³-hybridized carbons (Fsp3) is 0.154. The van der Waals surface area contributed by atoms with Crippen molar-refractivity contribution in [3.05, 3.63) is 94.0 Å². The van der Waals surface area contributed by atoms with Crippen molar-refractivity contribution < 1.29 is 4.79 Å². The molecule has 0 spiro atoms. The van der Waals surface area contributed by atoms with Crippen LogP contribution < -0.4 is 10.9 Å². The highest BCUT2D eigenvalue weighted by atomic mass is 16.2. The van der Waals surface area contributed by atoms with Crippen LogP contribution in [0.3, 0.4) is 0 Å². The molecule has 0 saturated heterocycles. The van der Waals surface area contributed by atoms with Gasteiger partial charge in [0.1, 0.15) is 5.69 Å². The van der Waals surface area contributed by atoms with E-state index in [4.69, 9.17) is 4.98 Å². The standard InChI is InChI=1S/C26H24N6O2/c1-16-22-20(15-21(18-11-7-5-8-12-18)27-24(22)30(3)29-16)25(33)28-23-17(2)31(4)32(26(23)34)19-13-9-6-10-14-19/h5-15H,1-4H3,(H,28,33). The van der Waals surface area contributed by atoms with Crippen molar-refractivity contribution >= 4 is 22.6 Å². The third-order valence-corrected chi connectivity index (χ3v) is 6.08. The predicted molar refractivity (Wildman–Crippen MR) is 132 cm³/mol. The van der Waals surface area contributed by atoms with Crippen LogP contribution >= 0.6 is 0 Å². The van der Waals surface area contributed by atoms with Crippen LogP contribution in [-0.4, -0.2) is 30.0 Å². The number of anilines is 1. The zero-order valence-corrected chi connectivity index (χ0v) is 19.4. The minimum atomic E-state index is -0.383. The van der Waals surface area contributed by atoms with Crippen molar-refractivity contribution in [1.29, 1.82) is 0 Å². The van der Waals surface area contributed by atoms with Gasteiger partial charge in [0.15, 0.2) is 5.65 Å². The van der Waals surface area contributed by atoms with Gasteiger partial charge in [-0.1, -0.05) is 48.5 Å². The van der Waals surface area contributed by atoms with Crippen molar-refractivity contribution in [2.24, 2.45) is 14.1 Å². The molecule has 0 bridgehead atoms. The first-order chi connectivity index (χ1) is 16.4. The van der Waals surface area contributed by atoms with E-state index in [1.807, 2.05) is 74.5 Å². The molecule has 8 heteroatoms. The second kappa shape index (κ2) is 8.15. The van der Waals surface area contributed by atoms with Crippen molar-refractivity contribution in [2.75, 3.05) is 5.32 Å². The van der Waals surface area contributed by atoms with E-state index < -0.39 is 0 Å². The molecule has 3 heterocycles. The first-order valence-electron chi connectivity index (χ1n) is 10.9. The quantitative estimate of drug-likeness (QED) is 0.447. The molecule has 34 heavy (non-hydrogen) atoms. The topological polar surface area (TPSA) is 86.7 Å². The van der Waals surface area contributed by atoms with Crippen LogP contribution in [0, 0.1) is 13.8 Å². The van der Waals surface area contributed by atoms with E-state index in [-0.39, 0.29) is 17.2 Å². The minimum Gasteiger partial charge on any atom is -0.316 e. The summed E-state index contributed by atoms with van der Waals surface area (Å²) in [6.07, 6.45) is 0. The molecule has 0 atom stereocenters. The Hall–Kier alpha value is -4.46. The van der Waals surface area contributed by atoms with Gasteiger partial charge in [-0.05, 0) is 32.0 Å². The Labute approximate surface area is 196 Å². The summed E-state index contributed by atoms with van der Waals surface area (Å²) < 4.78 is 4.95. The number of fused-ring (bicyclic) bond motifs is 1. The number of pyridine rings is 1. The van der Waals surface area contributed by atoms with E-state index in [9.17, 15) is 9.59 Å². The normalized spacial score (nSPS) is 11.2. The fourth-order valence-corrected chi connectivity index (χ4v) is 4.27. The molecule has 0 saturated carbocycles. The number of nitrogens with one attached hydrogen (secondary N) is 1. The number of aryl methyl sites for hydroxylation is 2. The van der Waals surface area contributed by atoms with E-state index in [1.165, 1.54) is 4.68 Å². The maximum absolute atomic E-state index is 13.6. The lowest BCUT2D eigenvalue weighted by molar-refractivity contribution is 0.102. The van der Waals surface area contributed by atoms with E-state index in [2.05, 4.69) is 10.4 Å². The summed E-state index contributed by atoms with van der Waals surface area (Å²) in [6.45, 7) is 3.66. The third kappa shape index (κ3) is 3.40. The highest BCUT2D eigenvalue weighted by Gasteiger charge is 2.23. The molecule has 0 radical (unpaired) electrons. The summed E-state index contributed by atoms with van der Waals surface area (Å²) in [6, 6.07) is 20.8. The zero-order valence-electron chi connectivity index (χ0n) is 19.4. The Morgan fingerprint density at radius 3 is 2.26 bits per heavy atom. The molecular formula is C26H24N6O2. The Morgan fingerprint density at radius 1 is 0.941 bits per heavy atom. The first kappa shape index (κ1) is 21.4. The van der Waals surface area contributed by atoms with Crippen LogP contribution in [0.2, 0.25) is 0 Å². The van der Waals surface area contributed by atoms with Gasteiger partial charge in [-0.2, -0.15) is 5.10 Å². The number of para-hydroxylation sites is 1. The third-order valence-electron chi connectivity index (χ3n) is 6.08. The Kier molecular flexibility index (Phi) is 5.13. The lowest BCUT2D eigenvalue weighted by Gasteiger charge is -2.09. The monoisotopic (exact) mass is 452 g/mol. The smallest absolute Gasteiger partial charge is 0.295 e. The lowest BCUT2D eigenvalue weighted by atomic mass is 10.0. The Balaban J connectivity index is 1.64. The molecule has 1 N–H and O–H groups in total. The number of aromatic nitrogens is 5. The minimum absolute atomic E-state index is 0.240. The highest BCUT2D eigenvalue weighted by Crippen LogP contribution is 2.27. The van der Waals surface area contributed by atoms with E-state index in [1.54, 1.807) is 29.5 Å². The van der Waals surface area contributed by atoms with Gasteiger partial charge in [-0.25, -0.2) is 9.67 Å². The Bertz CT molecular complexity index is 1590. The predicted octanol–water partition coefficient (Wildman–Crippen LogP) is 3.99. The van der Waals surface area contributed by atoms with Crippen LogP contribution in [-0.2, 0) is 14.1 Å². The lowest BCUT2D eigenvalue weighted by Crippen LogP contribution is -2.23. The van der Waals surface area contributed by atoms with E-state index in [0.717, 1.165) is 11.3 Å². The van der Waals surface area contributed by atoms with Crippen molar-refractivity contribution in [2.45, 2.75) is 13.8 Å². The molecule has 0 fully saturated rings. The molecule has 170 valence electrons. The van der Waals surface area contributed by atoms with Crippen LogP contribution in [0.15, 0.2) is 71.5 Å². The Morgan fingerprint density at radius 2 is 1.59 bits per heavy atom. The van der Waals surface area contributed by atoms with Gasteiger partial charge in [0.25, 0.3) is 11.5 Å². The molecule has 8 nitrogen and oxygen atoms in total. The molecule has 2 aromatic carbocycles. The SMILES string of the molecule is Cc1nn(C)c2nc(-c3ccccc3)cc(C(=O)Nc3c(C)n(C)n(-c4ccccc4)c3=O)c12. The molecule has 3 aromatic heterocycles. The second-order valence-corrected chi connectivity index (χ2v) is 8.22. The van der Waals surface area contributed by atoms with E-state index in [0.29, 0.717) is 33.7 Å². The van der Waals surface area contributed by atoms with Crippen molar-refractivity contribution in [1.82, 2.24) is 24.1 Å². The summed E-state index contributed by atoms with van der Waals surface area (Å²) >= 11 is 0. The summed E-state index contributed by atoms with van der Waals surface area (Å²) in [4.78, 5) is 31.7. The summed E-state index contributed by atoms with van der Waals surface area (Å²) in [5.74, 6) is -0.383. The van der Waals surface area contributed by atoms with Gasteiger partial charge in [0.05, 0.1) is 33.7 Å². The van der Waals surface area contributed by atoms with Gasteiger partial charge in [0.2, 0.25) is 0 Å². The number of nitrogens with zero attached hydrogens (tertiary/aromatic N) is 5. The molecule has 1 amide bonds. The molecule has 5 aromatic rings. The largest absolute Gasteiger partial charge is 0.316 e. The summed E-state index contributed by atoms with van der Waals surface area (Å²) in [5.41, 5.74) is 4.59. The highest BCUT2D eigenvalue weighted by molar-refractivity contribution is 6.13. The summed E-state index contributed by atoms with van der Waals surface area (Å²) in [7, 11) is 3.60. The summed E-state index contributed by atoms with van der Waals surface area (Å²) in [5, 5.41) is 8.01. The van der Waals surface area contributed by atoms with Crippen molar-refractivity contribution in [3.63, 3.8) is 0 Å². The molecular weight excluding hydrogens is 428 g/mol. The zero-order chi connectivity index (χ0) is 24.0. The van der Waals surface area contributed by atoms with Gasteiger partial charge in [-0.3, -0.25) is 19.0 Å². The van der Waals surface area contributed by atoms with Crippen molar-refractivity contribution in [3.8, 4) is 16.9 Å². The van der Waals surface area contributed by atoms with Gasteiger partial charge in [-0.15, -0.1) is 0 Å². The number of benzene rings is 2. The molecule has 0 aliphatic carbocycles. The average Bonchev–Trinajstić information content (AvgIpc) is 3.26. The van der Waals surface area contributed by atoms with Gasteiger partial charge >= 0.3 is 0 Å². The van der Waals surface area contributed by atoms with Crippen LogP contribution in [0.5, 0.6) is 0 Å². The second-order valence-electron chi connectivity index (χ2n) is 8.22. The van der Waals surface area contributed by atoms with Gasteiger partial charge < -0.3 is 5.32 Å². The molecule has 0 aliphatic rings. The van der Waals surface area contributed by atoms with Crippen LogP contribution in [0.1, 0.15) is 21.7 Å². The number of rotatable bonds is 4. The van der Waals surface area contributed by atoms with Crippen LogP contribution in [0.4, 0.5) is 5.69 Å². The average molecular weight is 453 g/mol. The molecule has 5 rings (SSSR count). The number of hydrogen-bond acceptors (Lipinski definition) is 4. The number of carbonyl (C=O) groups is 1. The maximum Gasteiger partial charge on any atom is 0.295 e. The van der Waals surface area contributed by atoms with E-state index >= 15 is 0 Å². The van der Waals surface area contributed by atoms with Gasteiger partial charge in [0, 0.05) is 19.7 Å². The fourth-order valence-electron chi connectivity index (χ4n) is 4.27. The number of carbonyl (C=O) groups excluding carboxylic acids is 1. The molecule has 0 unspecified atom stereocenters. The maximum atomic E-state index is 13.6. The molecule has 0 aliphatic heterocycles. The number of amides is 1. The first-order valence-corrected chi connectivity index (χ1v) is 10.9.